The first-order chi connectivity index (χ1) is 9.04. The number of nitro groups is 1. The normalized spacial score (nSPS) is 10.0. The van der Waals surface area contributed by atoms with Gasteiger partial charge in [0.05, 0.1) is 11.5 Å². The molecule has 7 nitrogen and oxygen atoms in total. The van der Waals surface area contributed by atoms with E-state index in [1.807, 2.05) is 12.3 Å². The van der Waals surface area contributed by atoms with Crippen LogP contribution in [0.4, 0.5) is 5.69 Å². The number of hydrogen-bond acceptors (Lipinski definition) is 5. The van der Waals surface area contributed by atoms with Crippen LogP contribution in [0.25, 0.3) is 0 Å². The van der Waals surface area contributed by atoms with Crippen molar-refractivity contribution in [1.29, 1.82) is 0 Å². The van der Waals surface area contributed by atoms with E-state index in [1.54, 1.807) is 12.1 Å². The third-order valence-corrected chi connectivity index (χ3v) is 2.53. The molecule has 0 aromatic heterocycles. The van der Waals surface area contributed by atoms with Crippen LogP contribution in [0.2, 0.25) is 0 Å². The number of nitrogens with zero attached hydrogens (tertiary/aromatic N) is 1. The first kappa shape index (κ1) is 14.9. The molecule has 0 fully saturated rings. The van der Waals surface area contributed by atoms with Crippen LogP contribution in [0.15, 0.2) is 18.2 Å². The molecule has 0 radical (unpaired) electrons. The van der Waals surface area contributed by atoms with Gasteiger partial charge in [-0.25, -0.2) is 5.84 Å². The zero-order valence-corrected chi connectivity index (χ0v) is 10.7. The number of nitrogens with two attached hydrogens (primary N) is 1. The van der Waals surface area contributed by atoms with Gasteiger partial charge in [0.2, 0.25) is 5.91 Å². The Bertz CT molecular complexity index is 462. The molecule has 1 rings (SSSR count). The molecule has 19 heavy (non-hydrogen) atoms. The molecule has 0 aliphatic rings. The van der Waals surface area contributed by atoms with Crippen molar-refractivity contribution in [1.82, 2.24) is 5.43 Å². The van der Waals surface area contributed by atoms with E-state index in [1.165, 1.54) is 6.07 Å². The molecule has 3 N–H and O–H groups in total. The lowest BCUT2D eigenvalue weighted by Crippen LogP contribution is -2.29. The van der Waals surface area contributed by atoms with Gasteiger partial charge in [0, 0.05) is 12.5 Å². The maximum atomic E-state index is 10.9. The number of hydrogen-bond donors (Lipinski definition) is 2. The van der Waals surface area contributed by atoms with Gasteiger partial charge in [-0.3, -0.25) is 20.3 Å². The Kier molecular flexibility index (Phi) is 5.74. The summed E-state index contributed by atoms with van der Waals surface area (Å²) in [6.45, 7) is 2.16. The fraction of sp³-hybridized carbons (Fsp3) is 0.417. The van der Waals surface area contributed by atoms with Crippen LogP contribution in [0, 0.1) is 17.0 Å². The molecular formula is C12H17N3O4. The molecule has 0 saturated carbocycles. The summed E-state index contributed by atoms with van der Waals surface area (Å²) < 4.78 is 5.39. The van der Waals surface area contributed by atoms with E-state index in [2.05, 4.69) is 0 Å². The van der Waals surface area contributed by atoms with Crippen molar-refractivity contribution in [2.45, 2.75) is 26.2 Å². The predicted molar refractivity (Wildman–Crippen MR) is 69.5 cm³/mol. The summed E-state index contributed by atoms with van der Waals surface area (Å²) in [7, 11) is 0. The SMILES string of the molecule is Cc1ccc([N+](=O)[O-])c(OCCCCC(=O)NN)c1. The Morgan fingerprint density at radius 2 is 2.21 bits per heavy atom. The summed E-state index contributed by atoms with van der Waals surface area (Å²) in [6, 6.07) is 4.72. The van der Waals surface area contributed by atoms with Crippen molar-refractivity contribution in [2.24, 2.45) is 5.84 Å². The standard InChI is InChI=1S/C12H17N3O4/c1-9-5-6-10(15(17)18)11(8-9)19-7-3-2-4-12(16)14-13/h5-6,8H,2-4,7,13H2,1H3,(H,14,16). The van der Waals surface area contributed by atoms with E-state index in [4.69, 9.17) is 10.6 Å². The molecule has 0 unspecified atom stereocenters. The largest absolute Gasteiger partial charge is 0.487 e. The van der Waals surface area contributed by atoms with Crippen molar-refractivity contribution in [3.8, 4) is 5.75 Å². The number of amides is 1. The van der Waals surface area contributed by atoms with Crippen molar-refractivity contribution in [3.05, 3.63) is 33.9 Å². The average molecular weight is 267 g/mol. The number of nitro benzene ring substituents is 1. The van der Waals surface area contributed by atoms with Crippen LogP contribution in [0.5, 0.6) is 5.75 Å². The summed E-state index contributed by atoms with van der Waals surface area (Å²) in [5, 5.41) is 10.8. The number of aryl methyl sites for hydroxylation is 1. The molecule has 0 aliphatic heterocycles. The number of rotatable bonds is 7. The van der Waals surface area contributed by atoms with Gasteiger partial charge >= 0.3 is 5.69 Å². The number of ether oxygens (including phenoxy) is 1. The highest BCUT2D eigenvalue weighted by molar-refractivity contribution is 5.75. The van der Waals surface area contributed by atoms with E-state index in [-0.39, 0.29) is 17.3 Å². The molecule has 0 aliphatic carbocycles. The Balaban J connectivity index is 2.46. The van der Waals surface area contributed by atoms with Crippen LogP contribution in [0.1, 0.15) is 24.8 Å². The van der Waals surface area contributed by atoms with Crippen molar-refractivity contribution < 1.29 is 14.5 Å². The van der Waals surface area contributed by atoms with Crippen LogP contribution in [0.3, 0.4) is 0 Å². The van der Waals surface area contributed by atoms with Crippen molar-refractivity contribution in [2.75, 3.05) is 6.61 Å². The van der Waals surface area contributed by atoms with Gasteiger partial charge in [-0.2, -0.15) is 0 Å². The maximum Gasteiger partial charge on any atom is 0.310 e. The minimum Gasteiger partial charge on any atom is -0.487 e. The Hall–Kier alpha value is -2.15. The second kappa shape index (κ2) is 7.32. The smallest absolute Gasteiger partial charge is 0.310 e. The lowest BCUT2D eigenvalue weighted by atomic mass is 10.2. The van der Waals surface area contributed by atoms with Gasteiger partial charge in [-0.05, 0) is 31.4 Å². The summed E-state index contributed by atoms with van der Waals surface area (Å²) in [5.41, 5.74) is 2.88. The Morgan fingerprint density at radius 1 is 1.47 bits per heavy atom. The van der Waals surface area contributed by atoms with Gasteiger partial charge in [-0.15, -0.1) is 0 Å². The number of hydrazine groups is 1. The van der Waals surface area contributed by atoms with E-state index < -0.39 is 4.92 Å². The third kappa shape index (κ3) is 4.92. The summed E-state index contributed by atoms with van der Waals surface area (Å²) >= 11 is 0. The summed E-state index contributed by atoms with van der Waals surface area (Å²) in [4.78, 5) is 21.2. The molecule has 1 aromatic rings. The van der Waals surface area contributed by atoms with Gasteiger partial charge in [0.15, 0.2) is 5.75 Å². The fourth-order valence-corrected chi connectivity index (χ4v) is 1.53. The topological polar surface area (TPSA) is 107 Å². The lowest BCUT2D eigenvalue weighted by Gasteiger charge is -2.07. The molecule has 0 heterocycles. The summed E-state index contributed by atoms with van der Waals surface area (Å²) in [5.74, 6) is 4.96. The van der Waals surface area contributed by atoms with Crippen LogP contribution >= 0.6 is 0 Å². The number of unbranched alkanes of at least 4 members (excludes halogenated alkanes) is 1. The quantitative estimate of drug-likeness (QED) is 0.255. The van der Waals surface area contributed by atoms with Crippen LogP contribution < -0.4 is 16.0 Å². The highest BCUT2D eigenvalue weighted by Crippen LogP contribution is 2.27. The Morgan fingerprint density at radius 3 is 2.84 bits per heavy atom. The van der Waals surface area contributed by atoms with Gasteiger partial charge < -0.3 is 4.74 Å². The van der Waals surface area contributed by atoms with Crippen molar-refractivity contribution >= 4 is 11.6 Å². The molecular weight excluding hydrogens is 250 g/mol. The summed E-state index contributed by atoms with van der Waals surface area (Å²) in [6.07, 6.45) is 1.55. The maximum absolute atomic E-state index is 10.9. The highest BCUT2D eigenvalue weighted by atomic mass is 16.6. The van der Waals surface area contributed by atoms with Gasteiger partial charge in [0.25, 0.3) is 0 Å². The lowest BCUT2D eigenvalue weighted by molar-refractivity contribution is -0.385. The van der Waals surface area contributed by atoms with Crippen LogP contribution in [-0.4, -0.2) is 17.4 Å². The van der Waals surface area contributed by atoms with E-state index >= 15 is 0 Å². The van der Waals surface area contributed by atoms with Crippen LogP contribution in [-0.2, 0) is 4.79 Å². The molecule has 0 bridgehead atoms. The van der Waals surface area contributed by atoms with E-state index in [9.17, 15) is 14.9 Å². The second-order valence-corrected chi connectivity index (χ2v) is 4.10. The number of nitrogens with one attached hydrogen (secondary N) is 1. The molecule has 7 heteroatoms. The van der Waals surface area contributed by atoms with Crippen molar-refractivity contribution in [3.63, 3.8) is 0 Å². The zero-order valence-electron chi connectivity index (χ0n) is 10.7. The van der Waals surface area contributed by atoms with Gasteiger partial charge in [-0.1, -0.05) is 6.07 Å². The van der Waals surface area contributed by atoms with Gasteiger partial charge in [0.1, 0.15) is 0 Å². The molecule has 104 valence electrons. The molecule has 1 aromatic carbocycles. The first-order valence-electron chi connectivity index (χ1n) is 5.92. The Labute approximate surface area is 110 Å². The minimum atomic E-state index is -0.476. The predicted octanol–water partition coefficient (Wildman–Crippen LogP) is 1.44. The second-order valence-electron chi connectivity index (χ2n) is 4.10. The van der Waals surface area contributed by atoms with E-state index in [0.29, 0.717) is 25.9 Å². The number of benzene rings is 1. The average Bonchev–Trinajstić information content (AvgIpc) is 2.37. The number of carbonyl (C=O) groups is 1. The number of carbonyl (C=O) groups excluding carboxylic acids is 1. The molecule has 0 saturated heterocycles. The highest BCUT2D eigenvalue weighted by Gasteiger charge is 2.14. The molecule has 0 atom stereocenters. The fourth-order valence-electron chi connectivity index (χ4n) is 1.53. The molecule has 1 amide bonds. The minimum absolute atomic E-state index is 0.0506. The molecule has 0 spiro atoms. The van der Waals surface area contributed by atoms with E-state index in [0.717, 1.165) is 5.56 Å². The monoisotopic (exact) mass is 267 g/mol. The first-order valence-corrected chi connectivity index (χ1v) is 5.92. The third-order valence-electron chi connectivity index (χ3n) is 2.53. The zero-order chi connectivity index (χ0) is 14.3.